The molecule has 0 bridgehead atoms. The second-order valence-electron chi connectivity index (χ2n) is 5.70. The molecule has 0 aliphatic carbocycles. The SMILES string of the molecule is CC(C)NC(=O)CNC(=O)CCC(C)(C)CCN. The molecular weight excluding hydrogens is 230 g/mol. The lowest BCUT2D eigenvalue weighted by Crippen LogP contribution is -2.40. The summed E-state index contributed by atoms with van der Waals surface area (Å²) >= 11 is 0. The number of amides is 2. The average Bonchev–Trinajstić information content (AvgIpc) is 2.22. The van der Waals surface area contributed by atoms with Crippen LogP contribution in [0.5, 0.6) is 0 Å². The maximum atomic E-state index is 11.6. The molecule has 0 fully saturated rings. The predicted octanol–water partition coefficient (Wildman–Crippen LogP) is 0.782. The molecule has 0 radical (unpaired) electrons. The standard InChI is InChI=1S/C13H27N3O2/c1-10(2)16-12(18)9-15-11(17)5-6-13(3,4)7-8-14/h10H,5-9,14H2,1-4H3,(H,15,17)(H,16,18). The van der Waals surface area contributed by atoms with Crippen molar-refractivity contribution in [3.05, 3.63) is 0 Å². The fourth-order valence-corrected chi connectivity index (χ4v) is 1.61. The van der Waals surface area contributed by atoms with Crippen LogP contribution in [0.2, 0.25) is 0 Å². The van der Waals surface area contributed by atoms with Crippen molar-refractivity contribution in [3.8, 4) is 0 Å². The van der Waals surface area contributed by atoms with Crippen LogP contribution < -0.4 is 16.4 Å². The first-order valence-corrected chi connectivity index (χ1v) is 6.53. The average molecular weight is 257 g/mol. The Morgan fingerprint density at radius 3 is 2.28 bits per heavy atom. The van der Waals surface area contributed by atoms with E-state index < -0.39 is 0 Å². The Balaban J connectivity index is 3.82. The fourth-order valence-electron chi connectivity index (χ4n) is 1.61. The lowest BCUT2D eigenvalue weighted by atomic mass is 9.84. The molecule has 5 heteroatoms. The largest absolute Gasteiger partial charge is 0.352 e. The summed E-state index contributed by atoms with van der Waals surface area (Å²) in [6.45, 7) is 8.64. The normalized spacial score (nSPS) is 11.4. The summed E-state index contributed by atoms with van der Waals surface area (Å²) in [4.78, 5) is 22.9. The van der Waals surface area contributed by atoms with Crippen LogP contribution in [-0.4, -0.2) is 30.9 Å². The van der Waals surface area contributed by atoms with Crippen molar-refractivity contribution in [1.29, 1.82) is 0 Å². The molecule has 0 heterocycles. The topological polar surface area (TPSA) is 84.2 Å². The van der Waals surface area contributed by atoms with E-state index in [1.807, 2.05) is 13.8 Å². The zero-order chi connectivity index (χ0) is 14.2. The van der Waals surface area contributed by atoms with Crippen molar-refractivity contribution in [2.45, 2.75) is 53.0 Å². The van der Waals surface area contributed by atoms with Crippen LogP contribution in [0.15, 0.2) is 0 Å². The van der Waals surface area contributed by atoms with Gasteiger partial charge in [0.25, 0.3) is 0 Å². The summed E-state index contributed by atoms with van der Waals surface area (Å²) in [5.41, 5.74) is 5.59. The monoisotopic (exact) mass is 257 g/mol. The minimum atomic E-state index is -0.153. The van der Waals surface area contributed by atoms with Gasteiger partial charge in [-0.05, 0) is 38.6 Å². The number of carbonyl (C=O) groups is 2. The third kappa shape index (κ3) is 8.98. The Morgan fingerprint density at radius 2 is 1.78 bits per heavy atom. The van der Waals surface area contributed by atoms with E-state index in [2.05, 4.69) is 24.5 Å². The summed E-state index contributed by atoms with van der Waals surface area (Å²) in [6, 6.07) is 0.0953. The van der Waals surface area contributed by atoms with Crippen molar-refractivity contribution < 1.29 is 9.59 Å². The lowest BCUT2D eigenvalue weighted by molar-refractivity contribution is -0.126. The van der Waals surface area contributed by atoms with Crippen LogP contribution in [0.4, 0.5) is 0 Å². The quantitative estimate of drug-likeness (QED) is 0.601. The molecule has 0 aromatic heterocycles. The number of carbonyl (C=O) groups excluding carboxylic acids is 2. The second kappa shape index (κ2) is 8.08. The van der Waals surface area contributed by atoms with E-state index in [4.69, 9.17) is 5.73 Å². The lowest BCUT2D eigenvalue weighted by Gasteiger charge is -2.23. The maximum Gasteiger partial charge on any atom is 0.239 e. The molecule has 0 saturated carbocycles. The summed E-state index contributed by atoms with van der Waals surface area (Å²) in [7, 11) is 0. The Hall–Kier alpha value is -1.10. The third-order valence-electron chi connectivity index (χ3n) is 2.75. The molecule has 0 atom stereocenters. The molecule has 0 aromatic carbocycles. The van der Waals surface area contributed by atoms with Gasteiger partial charge >= 0.3 is 0 Å². The van der Waals surface area contributed by atoms with E-state index in [9.17, 15) is 9.59 Å². The molecule has 0 aliphatic heterocycles. The van der Waals surface area contributed by atoms with Gasteiger partial charge < -0.3 is 16.4 Å². The van der Waals surface area contributed by atoms with Crippen LogP contribution >= 0.6 is 0 Å². The molecule has 4 N–H and O–H groups in total. The van der Waals surface area contributed by atoms with Gasteiger partial charge in [0.2, 0.25) is 11.8 Å². The maximum absolute atomic E-state index is 11.6. The molecular formula is C13H27N3O2. The van der Waals surface area contributed by atoms with Crippen molar-refractivity contribution in [2.75, 3.05) is 13.1 Å². The van der Waals surface area contributed by atoms with Crippen molar-refractivity contribution >= 4 is 11.8 Å². The molecule has 5 nitrogen and oxygen atoms in total. The Kier molecular flexibility index (Phi) is 7.59. The van der Waals surface area contributed by atoms with E-state index in [1.165, 1.54) is 0 Å². The van der Waals surface area contributed by atoms with Gasteiger partial charge in [-0.15, -0.1) is 0 Å². The molecule has 106 valence electrons. The molecule has 0 unspecified atom stereocenters. The summed E-state index contributed by atoms with van der Waals surface area (Å²) in [6.07, 6.45) is 2.11. The van der Waals surface area contributed by atoms with Crippen molar-refractivity contribution in [2.24, 2.45) is 11.1 Å². The minimum absolute atomic E-state index is 0.0499. The van der Waals surface area contributed by atoms with Gasteiger partial charge in [-0.1, -0.05) is 13.8 Å². The Bertz CT molecular complexity index is 275. The number of nitrogens with two attached hydrogens (primary N) is 1. The Morgan fingerprint density at radius 1 is 1.17 bits per heavy atom. The zero-order valence-electron chi connectivity index (χ0n) is 12.0. The fraction of sp³-hybridized carbons (Fsp3) is 0.846. The molecule has 18 heavy (non-hydrogen) atoms. The summed E-state index contributed by atoms with van der Waals surface area (Å²) < 4.78 is 0. The smallest absolute Gasteiger partial charge is 0.239 e. The van der Waals surface area contributed by atoms with Gasteiger partial charge in [-0.3, -0.25) is 9.59 Å². The Labute approximate surface area is 110 Å². The summed E-state index contributed by atoms with van der Waals surface area (Å²) in [5, 5.41) is 5.34. The van der Waals surface area contributed by atoms with Crippen LogP contribution in [0.25, 0.3) is 0 Å². The zero-order valence-corrected chi connectivity index (χ0v) is 12.0. The van der Waals surface area contributed by atoms with E-state index >= 15 is 0 Å². The van der Waals surface area contributed by atoms with E-state index in [-0.39, 0.29) is 29.8 Å². The van der Waals surface area contributed by atoms with E-state index in [0.717, 1.165) is 12.8 Å². The molecule has 0 saturated heterocycles. The van der Waals surface area contributed by atoms with Crippen LogP contribution in [0.1, 0.15) is 47.0 Å². The van der Waals surface area contributed by atoms with E-state index in [1.54, 1.807) is 0 Å². The second-order valence-corrected chi connectivity index (χ2v) is 5.70. The first-order chi connectivity index (χ1) is 8.26. The van der Waals surface area contributed by atoms with Crippen molar-refractivity contribution in [3.63, 3.8) is 0 Å². The van der Waals surface area contributed by atoms with Crippen molar-refractivity contribution in [1.82, 2.24) is 10.6 Å². The highest BCUT2D eigenvalue weighted by molar-refractivity contribution is 5.84. The van der Waals surface area contributed by atoms with Gasteiger partial charge in [0.1, 0.15) is 0 Å². The summed E-state index contributed by atoms with van der Waals surface area (Å²) in [5.74, 6) is -0.237. The number of rotatable bonds is 8. The number of nitrogens with one attached hydrogen (secondary N) is 2. The highest BCUT2D eigenvalue weighted by Crippen LogP contribution is 2.25. The van der Waals surface area contributed by atoms with Crippen LogP contribution in [0, 0.1) is 5.41 Å². The van der Waals surface area contributed by atoms with Gasteiger partial charge in [0.15, 0.2) is 0 Å². The molecule has 0 spiro atoms. The minimum Gasteiger partial charge on any atom is -0.352 e. The number of hydrogen-bond acceptors (Lipinski definition) is 3. The molecule has 0 rings (SSSR count). The highest BCUT2D eigenvalue weighted by atomic mass is 16.2. The third-order valence-corrected chi connectivity index (χ3v) is 2.75. The molecule has 2 amide bonds. The predicted molar refractivity (Wildman–Crippen MR) is 73.0 cm³/mol. The van der Waals surface area contributed by atoms with E-state index in [0.29, 0.717) is 13.0 Å². The van der Waals surface area contributed by atoms with Crippen LogP contribution in [0.3, 0.4) is 0 Å². The highest BCUT2D eigenvalue weighted by Gasteiger charge is 2.18. The van der Waals surface area contributed by atoms with Crippen LogP contribution in [-0.2, 0) is 9.59 Å². The molecule has 0 aromatic rings. The molecule has 0 aliphatic rings. The first-order valence-electron chi connectivity index (χ1n) is 6.53. The van der Waals surface area contributed by atoms with Gasteiger partial charge in [-0.2, -0.15) is 0 Å². The number of hydrogen-bond donors (Lipinski definition) is 3. The first kappa shape index (κ1) is 16.9. The van der Waals surface area contributed by atoms with Gasteiger partial charge in [-0.25, -0.2) is 0 Å². The van der Waals surface area contributed by atoms with Gasteiger partial charge in [0, 0.05) is 12.5 Å². The van der Waals surface area contributed by atoms with Gasteiger partial charge in [0.05, 0.1) is 6.54 Å².